The van der Waals surface area contributed by atoms with E-state index < -0.39 is 0 Å². The highest BCUT2D eigenvalue weighted by molar-refractivity contribution is 5.79. The molecule has 0 aliphatic rings. The van der Waals surface area contributed by atoms with Gasteiger partial charge in [-0.05, 0) is 30.5 Å². The van der Waals surface area contributed by atoms with Crippen LogP contribution in [-0.2, 0) is 11.3 Å². The summed E-state index contributed by atoms with van der Waals surface area (Å²) in [5, 5.41) is 15.0. The molecule has 1 aromatic rings. The number of aliphatic imine (C=N–C) groups is 1. The number of ether oxygens (including phenoxy) is 1. The lowest BCUT2D eigenvalue weighted by Crippen LogP contribution is -2.37. The van der Waals surface area contributed by atoms with Crippen LogP contribution >= 0.6 is 0 Å². The van der Waals surface area contributed by atoms with Crippen LogP contribution in [0.4, 0.5) is 4.39 Å². The number of halogens is 1. The minimum absolute atomic E-state index is 0.269. The molecule has 0 aromatic heterocycles. The van der Waals surface area contributed by atoms with Crippen molar-refractivity contribution in [2.75, 3.05) is 26.8 Å². The number of benzene rings is 1. The number of nitrogens with one attached hydrogen (secondary N) is 2. The second-order valence-electron chi connectivity index (χ2n) is 5.59. The van der Waals surface area contributed by atoms with Gasteiger partial charge in [0.25, 0.3) is 0 Å². The molecule has 0 heterocycles. The maximum Gasteiger partial charge on any atom is 0.191 e. The van der Waals surface area contributed by atoms with Crippen LogP contribution in [0.25, 0.3) is 0 Å². The Hall–Kier alpha value is -2.13. The fraction of sp³-hybridized carbons (Fsp3) is 0.529. The molecule has 1 rings (SSSR count). The van der Waals surface area contributed by atoms with Gasteiger partial charge in [0.05, 0.1) is 11.6 Å². The molecule has 1 aromatic carbocycles. The summed E-state index contributed by atoms with van der Waals surface area (Å²) in [6.45, 7) is 6.68. The van der Waals surface area contributed by atoms with Gasteiger partial charge in [-0.15, -0.1) is 0 Å². The summed E-state index contributed by atoms with van der Waals surface area (Å²) in [6.07, 6.45) is 0.867. The van der Waals surface area contributed by atoms with Crippen molar-refractivity contribution in [2.24, 2.45) is 10.9 Å². The van der Waals surface area contributed by atoms with Crippen LogP contribution < -0.4 is 10.6 Å². The van der Waals surface area contributed by atoms with Crippen LogP contribution in [0.1, 0.15) is 31.4 Å². The summed E-state index contributed by atoms with van der Waals surface area (Å²) in [7, 11) is 1.66. The fourth-order valence-corrected chi connectivity index (χ4v) is 1.88. The molecular formula is C17H25FN4O. The van der Waals surface area contributed by atoms with Gasteiger partial charge in [-0.2, -0.15) is 5.26 Å². The van der Waals surface area contributed by atoms with Crippen LogP contribution in [0.15, 0.2) is 23.2 Å². The van der Waals surface area contributed by atoms with Crippen LogP contribution in [0, 0.1) is 23.1 Å². The lowest BCUT2D eigenvalue weighted by molar-refractivity contribution is 0.108. The summed E-state index contributed by atoms with van der Waals surface area (Å²) in [5.74, 6) is 0.793. The summed E-state index contributed by atoms with van der Waals surface area (Å²) in [4.78, 5) is 4.09. The zero-order chi connectivity index (χ0) is 17.1. The summed E-state index contributed by atoms with van der Waals surface area (Å²) in [5.41, 5.74) is 0.876. The molecule has 0 amide bonds. The third-order valence-corrected chi connectivity index (χ3v) is 3.05. The lowest BCUT2D eigenvalue weighted by Gasteiger charge is -2.13. The van der Waals surface area contributed by atoms with Crippen molar-refractivity contribution in [3.8, 4) is 6.07 Å². The zero-order valence-corrected chi connectivity index (χ0v) is 14.0. The zero-order valence-electron chi connectivity index (χ0n) is 14.0. The molecule has 23 heavy (non-hydrogen) atoms. The molecule has 0 saturated carbocycles. The van der Waals surface area contributed by atoms with E-state index in [1.165, 1.54) is 18.2 Å². The van der Waals surface area contributed by atoms with Gasteiger partial charge < -0.3 is 15.4 Å². The highest BCUT2D eigenvalue weighted by atomic mass is 19.1. The molecule has 0 spiro atoms. The molecule has 0 saturated heterocycles. The maximum atomic E-state index is 13.7. The predicted molar refractivity (Wildman–Crippen MR) is 89.6 cm³/mol. The molecule has 0 aliphatic carbocycles. The second kappa shape index (κ2) is 10.6. The van der Waals surface area contributed by atoms with Gasteiger partial charge in [-0.25, -0.2) is 4.39 Å². The minimum atomic E-state index is -0.339. The van der Waals surface area contributed by atoms with E-state index in [0.717, 1.165) is 19.6 Å². The molecule has 5 nitrogen and oxygen atoms in total. The maximum absolute atomic E-state index is 13.7. The average molecular weight is 320 g/mol. The topological polar surface area (TPSA) is 69.4 Å². The molecule has 0 aliphatic heterocycles. The second-order valence-corrected chi connectivity index (χ2v) is 5.59. The molecule has 126 valence electrons. The summed E-state index contributed by atoms with van der Waals surface area (Å²) in [6, 6.07) is 6.31. The Morgan fingerprint density at radius 1 is 1.39 bits per heavy atom. The van der Waals surface area contributed by atoms with Gasteiger partial charge in [-0.1, -0.05) is 13.8 Å². The minimum Gasteiger partial charge on any atom is -0.381 e. The standard InChI is InChI=1S/C17H25FN4O/c1-13(2)12-23-8-4-7-21-17(20-3)22-11-15-9-14(10-19)5-6-16(15)18/h5-6,9,13H,4,7-8,11-12H2,1-3H3,(H2,20,21,22). The van der Waals surface area contributed by atoms with Gasteiger partial charge in [0.2, 0.25) is 0 Å². The highest BCUT2D eigenvalue weighted by Crippen LogP contribution is 2.09. The van der Waals surface area contributed by atoms with Gasteiger partial charge in [0.15, 0.2) is 5.96 Å². The molecular weight excluding hydrogens is 295 g/mol. The van der Waals surface area contributed by atoms with E-state index in [4.69, 9.17) is 10.00 Å². The monoisotopic (exact) mass is 320 g/mol. The Labute approximate surface area is 137 Å². The molecule has 2 N–H and O–H groups in total. The van der Waals surface area contributed by atoms with Crippen LogP contribution in [-0.4, -0.2) is 32.8 Å². The first-order valence-corrected chi connectivity index (χ1v) is 7.77. The van der Waals surface area contributed by atoms with E-state index in [0.29, 0.717) is 29.6 Å². The van der Waals surface area contributed by atoms with Gasteiger partial charge in [0.1, 0.15) is 5.82 Å². The van der Waals surface area contributed by atoms with Crippen LogP contribution in [0.3, 0.4) is 0 Å². The Bertz CT molecular complexity index is 552. The van der Waals surface area contributed by atoms with E-state index in [2.05, 4.69) is 29.5 Å². The lowest BCUT2D eigenvalue weighted by atomic mass is 10.1. The predicted octanol–water partition coefficient (Wildman–Crippen LogP) is 2.43. The van der Waals surface area contributed by atoms with Crippen molar-refractivity contribution in [1.29, 1.82) is 5.26 Å². The van der Waals surface area contributed by atoms with Gasteiger partial charge >= 0.3 is 0 Å². The number of guanidine groups is 1. The molecule has 0 atom stereocenters. The van der Waals surface area contributed by atoms with Crippen molar-refractivity contribution >= 4 is 5.96 Å². The Balaban J connectivity index is 2.33. The van der Waals surface area contributed by atoms with E-state index in [9.17, 15) is 4.39 Å². The van der Waals surface area contributed by atoms with Crippen molar-refractivity contribution in [1.82, 2.24) is 10.6 Å². The third-order valence-electron chi connectivity index (χ3n) is 3.05. The van der Waals surface area contributed by atoms with E-state index in [1.54, 1.807) is 7.05 Å². The third kappa shape index (κ3) is 7.61. The van der Waals surface area contributed by atoms with E-state index >= 15 is 0 Å². The van der Waals surface area contributed by atoms with E-state index in [-0.39, 0.29) is 12.4 Å². The van der Waals surface area contributed by atoms with Crippen molar-refractivity contribution < 1.29 is 9.13 Å². The van der Waals surface area contributed by atoms with E-state index in [1.807, 2.05) is 6.07 Å². The Morgan fingerprint density at radius 3 is 2.83 bits per heavy atom. The number of hydrogen-bond acceptors (Lipinski definition) is 3. The SMILES string of the molecule is CN=C(NCCCOCC(C)C)NCc1cc(C#N)ccc1F. The first kappa shape index (κ1) is 18.9. The van der Waals surface area contributed by atoms with Gasteiger partial charge in [0, 0.05) is 38.9 Å². The molecule has 6 heteroatoms. The average Bonchev–Trinajstić information content (AvgIpc) is 2.54. The number of nitrogens with zero attached hydrogens (tertiary/aromatic N) is 2. The molecule has 0 unspecified atom stereocenters. The Kier molecular flexibility index (Phi) is 8.70. The molecule has 0 bridgehead atoms. The fourth-order valence-electron chi connectivity index (χ4n) is 1.88. The highest BCUT2D eigenvalue weighted by Gasteiger charge is 2.05. The largest absolute Gasteiger partial charge is 0.381 e. The first-order chi connectivity index (χ1) is 11.1. The van der Waals surface area contributed by atoms with Crippen molar-refractivity contribution in [3.63, 3.8) is 0 Å². The van der Waals surface area contributed by atoms with Crippen LogP contribution in [0.5, 0.6) is 0 Å². The normalized spacial score (nSPS) is 11.4. The quantitative estimate of drug-likeness (QED) is 0.438. The molecule has 0 fully saturated rings. The smallest absolute Gasteiger partial charge is 0.191 e. The number of nitriles is 1. The number of hydrogen-bond donors (Lipinski definition) is 2. The van der Waals surface area contributed by atoms with Crippen molar-refractivity contribution in [2.45, 2.75) is 26.8 Å². The summed E-state index contributed by atoms with van der Waals surface area (Å²) < 4.78 is 19.2. The van der Waals surface area contributed by atoms with Gasteiger partial charge in [-0.3, -0.25) is 4.99 Å². The summed E-state index contributed by atoms with van der Waals surface area (Å²) >= 11 is 0. The number of rotatable bonds is 8. The van der Waals surface area contributed by atoms with Crippen molar-refractivity contribution in [3.05, 3.63) is 35.1 Å². The van der Waals surface area contributed by atoms with Crippen LogP contribution in [0.2, 0.25) is 0 Å². The Morgan fingerprint density at radius 2 is 2.17 bits per heavy atom. The first-order valence-electron chi connectivity index (χ1n) is 7.77. The molecule has 0 radical (unpaired) electrons.